The SMILES string of the molecule is O=C(c1cc(Br)sc1Br)N(Cc1cccc(O)c1)C1CC1. The minimum absolute atomic E-state index is 0.0367. The van der Waals surface area contributed by atoms with Crippen LogP contribution < -0.4 is 0 Å². The van der Waals surface area contributed by atoms with Gasteiger partial charge in [0.25, 0.3) is 5.91 Å². The third kappa shape index (κ3) is 3.49. The van der Waals surface area contributed by atoms with Gasteiger partial charge in [-0.1, -0.05) is 12.1 Å². The topological polar surface area (TPSA) is 40.5 Å². The second-order valence-corrected chi connectivity index (χ2v) is 8.82. The molecule has 0 spiro atoms. The molecule has 110 valence electrons. The Kier molecular flexibility index (Phi) is 4.38. The van der Waals surface area contributed by atoms with Crippen molar-refractivity contribution >= 4 is 49.1 Å². The predicted octanol–water partition coefficient (Wildman–Crippen LogP) is 4.78. The van der Waals surface area contributed by atoms with Gasteiger partial charge in [-0.25, -0.2) is 0 Å². The lowest BCUT2D eigenvalue weighted by molar-refractivity contribution is 0.0729. The first-order valence-electron chi connectivity index (χ1n) is 6.58. The molecule has 0 unspecified atom stereocenters. The van der Waals surface area contributed by atoms with Crippen molar-refractivity contribution in [3.8, 4) is 5.75 Å². The molecule has 1 fully saturated rings. The number of hydrogen-bond donors (Lipinski definition) is 1. The van der Waals surface area contributed by atoms with Crippen molar-refractivity contribution < 1.29 is 9.90 Å². The fraction of sp³-hybridized carbons (Fsp3) is 0.267. The molecule has 0 radical (unpaired) electrons. The number of halogens is 2. The Balaban J connectivity index is 1.85. The second kappa shape index (κ2) is 6.10. The lowest BCUT2D eigenvalue weighted by atomic mass is 10.2. The molecule has 0 aliphatic heterocycles. The highest BCUT2D eigenvalue weighted by Crippen LogP contribution is 2.36. The maximum Gasteiger partial charge on any atom is 0.256 e. The van der Waals surface area contributed by atoms with E-state index in [2.05, 4.69) is 31.9 Å². The van der Waals surface area contributed by atoms with E-state index in [4.69, 9.17) is 0 Å². The van der Waals surface area contributed by atoms with Crippen molar-refractivity contribution in [2.24, 2.45) is 0 Å². The third-order valence-electron chi connectivity index (χ3n) is 3.40. The van der Waals surface area contributed by atoms with E-state index in [-0.39, 0.29) is 11.7 Å². The van der Waals surface area contributed by atoms with Gasteiger partial charge in [0.2, 0.25) is 0 Å². The van der Waals surface area contributed by atoms with Crippen LogP contribution in [0.25, 0.3) is 0 Å². The average molecular weight is 431 g/mol. The summed E-state index contributed by atoms with van der Waals surface area (Å²) in [6, 6.07) is 9.25. The lowest BCUT2D eigenvalue weighted by Crippen LogP contribution is -2.32. The monoisotopic (exact) mass is 429 g/mol. The number of phenolic OH excluding ortho intramolecular Hbond substituents is 1. The highest BCUT2D eigenvalue weighted by Gasteiger charge is 2.34. The van der Waals surface area contributed by atoms with Crippen LogP contribution in [0.15, 0.2) is 37.9 Å². The Morgan fingerprint density at radius 3 is 2.67 bits per heavy atom. The Labute approximate surface area is 143 Å². The molecule has 1 heterocycles. The summed E-state index contributed by atoms with van der Waals surface area (Å²) in [5.41, 5.74) is 1.64. The van der Waals surface area contributed by atoms with Crippen LogP contribution in [0.5, 0.6) is 5.75 Å². The van der Waals surface area contributed by atoms with Crippen LogP contribution in [0.3, 0.4) is 0 Å². The average Bonchev–Trinajstić information content (AvgIpc) is 3.21. The number of nitrogens with zero attached hydrogens (tertiary/aromatic N) is 1. The number of hydrogen-bond acceptors (Lipinski definition) is 3. The molecule has 1 N–H and O–H groups in total. The zero-order chi connectivity index (χ0) is 15.0. The number of amides is 1. The van der Waals surface area contributed by atoms with Crippen LogP contribution in [-0.2, 0) is 6.54 Å². The number of benzene rings is 1. The van der Waals surface area contributed by atoms with Gasteiger partial charge in [0.1, 0.15) is 5.75 Å². The molecule has 1 saturated carbocycles. The van der Waals surface area contributed by atoms with Crippen LogP contribution in [0, 0.1) is 0 Å². The maximum absolute atomic E-state index is 12.8. The maximum atomic E-state index is 12.8. The first-order chi connectivity index (χ1) is 10.0. The number of aromatic hydroxyl groups is 1. The fourth-order valence-corrected chi connectivity index (χ4v) is 5.02. The van der Waals surface area contributed by atoms with E-state index in [1.165, 1.54) is 11.3 Å². The van der Waals surface area contributed by atoms with Crippen molar-refractivity contribution in [1.29, 1.82) is 0 Å². The predicted molar refractivity (Wildman–Crippen MR) is 90.7 cm³/mol. The van der Waals surface area contributed by atoms with E-state index in [0.717, 1.165) is 26.0 Å². The summed E-state index contributed by atoms with van der Waals surface area (Å²) >= 11 is 8.37. The van der Waals surface area contributed by atoms with Gasteiger partial charge < -0.3 is 10.0 Å². The molecule has 1 aliphatic carbocycles. The zero-order valence-electron chi connectivity index (χ0n) is 11.1. The highest BCUT2D eigenvalue weighted by atomic mass is 79.9. The molecule has 1 amide bonds. The summed E-state index contributed by atoms with van der Waals surface area (Å²) in [7, 11) is 0. The molecule has 0 bridgehead atoms. The summed E-state index contributed by atoms with van der Waals surface area (Å²) in [6.07, 6.45) is 2.10. The van der Waals surface area contributed by atoms with E-state index in [1.807, 2.05) is 17.0 Å². The summed E-state index contributed by atoms with van der Waals surface area (Å²) in [5, 5.41) is 9.57. The van der Waals surface area contributed by atoms with Gasteiger partial charge in [-0.3, -0.25) is 4.79 Å². The van der Waals surface area contributed by atoms with Gasteiger partial charge in [-0.05, 0) is 68.5 Å². The normalized spacial score (nSPS) is 14.2. The summed E-state index contributed by atoms with van der Waals surface area (Å²) in [5.74, 6) is 0.268. The number of rotatable bonds is 4. The van der Waals surface area contributed by atoms with Crippen LogP contribution in [0.2, 0.25) is 0 Å². The van der Waals surface area contributed by atoms with E-state index < -0.39 is 0 Å². The van der Waals surface area contributed by atoms with Crippen LogP contribution in [0.1, 0.15) is 28.8 Å². The molecule has 1 aromatic carbocycles. The Morgan fingerprint density at radius 2 is 2.10 bits per heavy atom. The highest BCUT2D eigenvalue weighted by molar-refractivity contribution is 9.12. The fourth-order valence-electron chi connectivity index (χ4n) is 2.25. The van der Waals surface area contributed by atoms with Gasteiger partial charge in [-0.2, -0.15) is 0 Å². The molecule has 3 nitrogen and oxygen atoms in total. The van der Waals surface area contributed by atoms with E-state index >= 15 is 0 Å². The minimum Gasteiger partial charge on any atom is -0.508 e. The summed E-state index contributed by atoms with van der Waals surface area (Å²) in [6.45, 7) is 0.526. The first-order valence-corrected chi connectivity index (χ1v) is 8.98. The van der Waals surface area contributed by atoms with Crippen molar-refractivity contribution in [2.75, 3.05) is 0 Å². The smallest absolute Gasteiger partial charge is 0.256 e. The van der Waals surface area contributed by atoms with Gasteiger partial charge in [0.05, 0.1) is 13.1 Å². The Hall–Kier alpha value is -0.850. The lowest BCUT2D eigenvalue weighted by Gasteiger charge is -2.22. The van der Waals surface area contributed by atoms with Gasteiger partial charge in [0.15, 0.2) is 0 Å². The van der Waals surface area contributed by atoms with Gasteiger partial charge in [0, 0.05) is 12.6 Å². The van der Waals surface area contributed by atoms with E-state index in [1.54, 1.807) is 18.2 Å². The number of thiophene rings is 1. The van der Waals surface area contributed by atoms with E-state index in [0.29, 0.717) is 18.2 Å². The number of phenols is 1. The molecule has 6 heteroatoms. The van der Waals surface area contributed by atoms with Gasteiger partial charge in [-0.15, -0.1) is 11.3 Å². The third-order valence-corrected chi connectivity index (χ3v) is 5.74. The van der Waals surface area contributed by atoms with Crippen LogP contribution in [0.4, 0.5) is 0 Å². The number of carbonyl (C=O) groups is 1. The standard InChI is InChI=1S/C15H13Br2NO2S/c16-13-7-12(14(17)21-13)15(20)18(10-4-5-10)8-9-2-1-3-11(19)6-9/h1-3,6-7,10,19H,4-5,8H2. The van der Waals surface area contributed by atoms with Crippen LogP contribution in [-0.4, -0.2) is 22.0 Å². The van der Waals surface area contributed by atoms with Crippen LogP contribution >= 0.6 is 43.2 Å². The second-order valence-electron chi connectivity index (χ2n) is 5.07. The quantitative estimate of drug-likeness (QED) is 0.757. The Bertz CT molecular complexity index is 682. The summed E-state index contributed by atoms with van der Waals surface area (Å²) in [4.78, 5) is 14.7. The van der Waals surface area contributed by atoms with E-state index in [9.17, 15) is 9.90 Å². The molecular weight excluding hydrogens is 418 g/mol. The molecule has 1 aromatic heterocycles. The van der Waals surface area contributed by atoms with Crippen molar-refractivity contribution in [3.05, 3.63) is 49.0 Å². The molecule has 2 aromatic rings. The molecule has 0 atom stereocenters. The van der Waals surface area contributed by atoms with Crippen molar-refractivity contribution in [1.82, 2.24) is 4.90 Å². The molecular formula is C15H13Br2NO2S. The Morgan fingerprint density at radius 1 is 1.33 bits per heavy atom. The van der Waals surface area contributed by atoms with Crippen molar-refractivity contribution in [3.63, 3.8) is 0 Å². The first kappa shape index (κ1) is 15.1. The molecule has 21 heavy (non-hydrogen) atoms. The minimum atomic E-state index is 0.0367. The largest absolute Gasteiger partial charge is 0.508 e. The molecule has 3 rings (SSSR count). The molecule has 1 aliphatic rings. The van der Waals surface area contributed by atoms with Crippen molar-refractivity contribution in [2.45, 2.75) is 25.4 Å². The van der Waals surface area contributed by atoms with Gasteiger partial charge >= 0.3 is 0 Å². The zero-order valence-corrected chi connectivity index (χ0v) is 15.0. The number of carbonyl (C=O) groups excluding carboxylic acids is 1. The molecule has 0 saturated heterocycles. The summed E-state index contributed by atoms with van der Waals surface area (Å²) < 4.78 is 1.78.